The molecule has 1 rings (SSSR count). The van der Waals surface area contributed by atoms with Crippen molar-refractivity contribution in [1.29, 1.82) is 0 Å². The van der Waals surface area contributed by atoms with Crippen LogP contribution in [0.4, 0.5) is 0 Å². The van der Waals surface area contributed by atoms with Crippen LogP contribution in [0.1, 0.15) is 115 Å². The van der Waals surface area contributed by atoms with Crippen LogP contribution in [0.15, 0.2) is 24.4 Å². The number of aryl methyl sites for hydroxylation is 1. The molecule has 0 saturated heterocycles. The molecule has 1 heterocycles. The normalized spacial score (nSPS) is 11.0. The van der Waals surface area contributed by atoms with E-state index in [2.05, 4.69) is 13.0 Å². The number of nitrogens with zero attached hydrogens (tertiary/aromatic N) is 1. The van der Waals surface area contributed by atoms with Crippen LogP contribution in [0.25, 0.3) is 0 Å². The molecule has 0 N–H and O–H groups in total. The van der Waals surface area contributed by atoms with Crippen molar-refractivity contribution in [2.24, 2.45) is 0 Å². The molecule has 0 radical (unpaired) electrons. The second-order valence-electron chi connectivity index (χ2n) is 7.76. The molecule has 0 atom stereocenters. The zero-order valence-corrected chi connectivity index (χ0v) is 17.3. The van der Waals surface area contributed by atoms with Gasteiger partial charge in [0.1, 0.15) is 0 Å². The van der Waals surface area contributed by atoms with Crippen molar-refractivity contribution in [3.8, 4) is 0 Å². The molecule has 0 saturated carbocycles. The monoisotopic (exact) mass is 360 g/mol. The molecular formula is C24H42NO+. The summed E-state index contributed by atoms with van der Waals surface area (Å²) in [5.74, 6) is 0. The molecule has 0 amide bonds. The summed E-state index contributed by atoms with van der Waals surface area (Å²) in [6.07, 6.45) is 26.1. The van der Waals surface area contributed by atoms with Crippen LogP contribution >= 0.6 is 0 Å². The third kappa shape index (κ3) is 12.2. The first kappa shape index (κ1) is 22.9. The highest BCUT2D eigenvalue weighted by molar-refractivity contribution is 5.35. The van der Waals surface area contributed by atoms with Gasteiger partial charge in [-0.2, -0.15) is 0 Å². The fraction of sp³-hybridized carbons (Fsp3) is 0.750. The maximum absolute atomic E-state index is 11.0. The summed E-state index contributed by atoms with van der Waals surface area (Å²) < 4.78 is 1.70. The summed E-state index contributed by atoms with van der Waals surface area (Å²) in [6, 6.07) is 5.98. The smallest absolute Gasteiger partial charge is 0.222 e. The van der Waals surface area contributed by atoms with Gasteiger partial charge in [0.2, 0.25) is 0 Å². The van der Waals surface area contributed by atoms with E-state index in [0.29, 0.717) is 0 Å². The van der Waals surface area contributed by atoms with Crippen molar-refractivity contribution in [2.45, 2.75) is 116 Å². The predicted molar refractivity (Wildman–Crippen MR) is 112 cm³/mol. The lowest BCUT2D eigenvalue weighted by Gasteiger charge is -2.03. The van der Waals surface area contributed by atoms with E-state index >= 15 is 0 Å². The van der Waals surface area contributed by atoms with E-state index < -0.39 is 0 Å². The average Bonchev–Trinajstić information content (AvgIpc) is 2.68. The molecule has 26 heavy (non-hydrogen) atoms. The molecule has 0 aliphatic carbocycles. The minimum absolute atomic E-state index is 0.905. The highest BCUT2D eigenvalue weighted by Gasteiger charge is 2.07. The van der Waals surface area contributed by atoms with Crippen molar-refractivity contribution in [3.63, 3.8) is 0 Å². The van der Waals surface area contributed by atoms with E-state index in [1.165, 1.54) is 103 Å². The third-order valence-corrected chi connectivity index (χ3v) is 5.38. The van der Waals surface area contributed by atoms with Crippen molar-refractivity contribution < 1.29 is 9.36 Å². The van der Waals surface area contributed by atoms with Crippen LogP contribution in [-0.2, 0) is 11.2 Å². The quantitative estimate of drug-likeness (QED) is 0.160. The molecule has 0 spiro atoms. The second-order valence-corrected chi connectivity index (χ2v) is 7.76. The fourth-order valence-corrected chi connectivity index (χ4v) is 3.66. The van der Waals surface area contributed by atoms with Crippen LogP contribution in [0, 0.1) is 0 Å². The number of aromatic nitrogens is 1. The van der Waals surface area contributed by atoms with Gasteiger partial charge in [-0.25, -0.2) is 4.79 Å². The summed E-state index contributed by atoms with van der Waals surface area (Å²) in [5.41, 5.74) is 1.13. The van der Waals surface area contributed by atoms with E-state index in [1.54, 1.807) is 4.57 Å². The number of carbonyl (C=O) groups is 1. The number of hydrogen-bond acceptors (Lipinski definition) is 1. The molecule has 0 aliphatic rings. The zero-order chi connectivity index (χ0) is 18.7. The standard InChI is InChI=1S/C24H42NO/c1-2-3-4-5-6-7-8-9-10-11-12-13-14-15-16-17-20-24-21-18-19-22-25(24)23-26/h18-19,21-23H,2-17,20H2,1H3/q+1. The van der Waals surface area contributed by atoms with Crippen molar-refractivity contribution in [3.05, 3.63) is 30.1 Å². The van der Waals surface area contributed by atoms with Crippen LogP contribution in [0.5, 0.6) is 0 Å². The highest BCUT2D eigenvalue weighted by atomic mass is 16.1. The Morgan fingerprint density at radius 2 is 1.15 bits per heavy atom. The Labute approximate surface area is 162 Å². The van der Waals surface area contributed by atoms with Crippen LogP contribution in [0.3, 0.4) is 0 Å². The molecule has 0 aromatic carbocycles. The third-order valence-electron chi connectivity index (χ3n) is 5.38. The average molecular weight is 361 g/mol. The minimum atomic E-state index is 0.905. The number of hydrogen-bond donors (Lipinski definition) is 0. The van der Waals surface area contributed by atoms with Gasteiger partial charge in [-0.3, -0.25) is 0 Å². The van der Waals surface area contributed by atoms with Gasteiger partial charge in [0.25, 0.3) is 0 Å². The lowest BCUT2D eigenvalue weighted by molar-refractivity contribution is -0.562. The minimum Gasteiger partial charge on any atom is -0.222 e. The van der Waals surface area contributed by atoms with Crippen LogP contribution < -0.4 is 4.57 Å². The van der Waals surface area contributed by atoms with E-state index in [9.17, 15) is 4.79 Å². The molecule has 2 heteroatoms. The van der Waals surface area contributed by atoms with Gasteiger partial charge in [0, 0.05) is 18.6 Å². The van der Waals surface area contributed by atoms with Crippen molar-refractivity contribution in [2.75, 3.05) is 0 Å². The number of carbonyl (C=O) groups excluding carboxylic acids is 1. The highest BCUT2D eigenvalue weighted by Crippen LogP contribution is 2.14. The Balaban J connectivity index is 1.80. The van der Waals surface area contributed by atoms with Gasteiger partial charge in [0.15, 0.2) is 11.9 Å². The first-order valence-electron chi connectivity index (χ1n) is 11.3. The van der Waals surface area contributed by atoms with Crippen molar-refractivity contribution >= 4 is 6.41 Å². The maximum atomic E-state index is 11.0. The Morgan fingerprint density at radius 1 is 0.692 bits per heavy atom. The molecule has 0 aliphatic heterocycles. The number of rotatable bonds is 18. The van der Waals surface area contributed by atoms with E-state index in [4.69, 9.17) is 0 Å². The molecule has 2 nitrogen and oxygen atoms in total. The molecule has 0 fully saturated rings. The van der Waals surface area contributed by atoms with Crippen LogP contribution in [0.2, 0.25) is 0 Å². The summed E-state index contributed by atoms with van der Waals surface area (Å²) in [6.45, 7) is 2.29. The predicted octanol–water partition coefficient (Wildman–Crippen LogP) is 6.82. The summed E-state index contributed by atoms with van der Waals surface area (Å²) in [7, 11) is 0. The van der Waals surface area contributed by atoms with E-state index in [-0.39, 0.29) is 0 Å². The van der Waals surface area contributed by atoms with Gasteiger partial charge in [-0.05, 0) is 6.42 Å². The van der Waals surface area contributed by atoms with Gasteiger partial charge in [-0.1, -0.05) is 109 Å². The van der Waals surface area contributed by atoms with E-state index in [1.807, 2.05) is 18.3 Å². The summed E-state index contributed by atoms with van der Waals surface area (Å²) >= 11 is 0. The first-order chi connectivity index (χ1) is 12.9. The molecule has 148 valence electrons. The molecular weight excluding hydrogens is 318 g/mol. The van der Waals surface area contributed by atoms with E-state index in [0.717, 1.165) is 18.5 Å². The Morgan fingerprint density at radius 3 is 1.62 bits per heavy atom. The van der Waals surface area contributed by atoms with Gasteiger partial charge in [-0.15, -0.1) is 4.57 Å². The largest absolute Gasteiger partial charge is 0.380 e. The molecule has 1 aromatic heterocycles. The number of pyridine rings is 1. The van der Waals surface area contributed by atoms with Gasteiger partial charge in [0.05, 0.1) is 0 Å². The Hall–Kier alpha value is -1.18. The maximum Gasteiger partial charge on any atom is 0.380 e. The molecule has 1 aromatic rings. The Bertz CT molecular complexity index is 444. The fourth-order valence-electron chi connectivity index (χ4n) is 3.66. The summed E-state index contributed by atoms with van der Waals surface area (Å²) in [4.78, 5) is 11.0. The van der Waals surface area contributed by atoms with Crippen molar-refractivity contribution in [1.82, 2.24) is 0 Å². The summed E-state index contributed by atoms with van der Waals surface area (Å²) in [5, 5.41) is 0. The lowest BCUT2D eigenvalue weighted by Crippen LogP contribution is -2.37. The van der Waals surface area contributed by atoms with Gasteiger partial charge >= 0.3 is 6.41 Å². The SMILES string of the molecule is CCCCCCCCCCCCCCCCCCc1cccc[n+]1C=O. The topological polar surface area (TPSA) is 20.9 Å². The van der Waals surface area contributed by atoms with Crippen LogP contribution in [-0.4, -0.2) is 6.41 Å². The number of unbranched alkanes of at least 4 members (excludes halogenated alkanes) is 15. The molecule has 0 unspecified atom stereocenters. The van der Waals surface area contributed by atoms with Gasteiger partial charge < -0.3 is 0 Å². The zero-order valence-electron chi connectivity index (χ0n) is 17.3. The molecule has 0 bridgehead atoms. The Kier molecular flexibility index (Phi) is 15.2. The first-order valence-corrected chi connectivity index (χ1v) is 11.3. The lowest BCUT2D eigenvalue weighted by atomic mass is 10.0. The second kappa shape index (κ2) is 17.2.